The molecule has 0 aliphatic carbocycles. The van der Waals surface area contributed by atoms with Gasteiger partial charge >= 0.3 is 0 Å². The highest BCUT2D eigenvalue weighted by molar-refractivity contribution is 5.89. The molecule has 1 rings (SSSR count). The summed E-state index contributed by atoms with van der Waals surface area (Å²) in [4.78, 5) is 24.3. The summed E-state index contributed by atoms with van der Waals surface area (Å²) in [5.74, 6) is -0.502. The molecule has 6 heteroatoms. The van der Waals surface area contributed by atoms with E-state index in [0.717, 1.165) is 0 Å². The molecule has 0 saturated carbocycles. The van der Waals surface area contributed by atoms with Gasteiger partial charge in [0.05, 0.1) is 18.6 Å². The number of nitrogens with one attached hydrogen (secondary N) is 1. The lowest BCUT2D eigenvalue weighted by Crippen LogP contribution is -2.38. The smallest absolute Gasteiger partial charge is 0.225 e. The van der Waals surface area contributed by atoms with Crippen molar-refractivity contribution in [3.8, 4) is 0 Å². The van der Waals surface area contributed by atoms with Crippen molar-refractivity contribution in [3.63, 3.8) is 0 Å². The Balaban J connectivity index is 2.28. The lowest BCUT2D eigenvalue weighted by Gasteiger charge is -2.13. The van der Waals surface area contributed by atoms with Gasteiger partial charge in [0.2, 0.25) is 11.8 Å². The molecule has 1 aliphatic heterocycles. The third-order valence-corrected chi connectivity index (χ3v) is 2.58. The average molecular weight is 230 g/mol. The topological polar surface area (TPSA) is 78.9 Å². The molecule has 2 N–H and O–H groups in total. The largest absolute Gasteiger partial charge is 0.389 e. The Kier molecular flexibility index (Phi) is 4.70. The van der Waals surface area contributed by atoms with E-state index in [2.05, 4.69) is 5.32 Å². The number of aliphatic hydroxyl groups excluding tert-OH is 1. The van der Waals surface area contributed by atoms with Crippen LogP contribution in [-0.4, -0.2) is 61.8 Å². The zero-order chi connectivity index (χ0) is 12.1. The molecule has 0 aromatic rings. The zero-order valence-corrected chi connectivity index (χ0v) is 9.60. The van der Waals surface area contributed by atoms with Gasteiger partial charge in [-0.25, -0.2) is 0 Å². The van der Waals surface area contributed by atoms with Crippen LogP contribution in [0.2, 0.25) is 0 Å². The maximum absolute atomic E-state index is 11.6. The number of hydrogen-bond donors (Lipinski definition) is 2. The van der Waals surface area contributed by atoms with E-state index in [9.17, 15) is 14.7 Å². The first kappa shape index (κ1) is 12.9. The number of methoxy groups -OCH3 is 1. The number of carbonyl (C=O) groups is 2. The zero-order valence-electron chi connectivity index (χ0n) is 9.60. The minimum atomic E-state index is -0.705. The maximum atomic E-state index is 11.6. The Morgan fingerprint density at radius 2 is 2.44 bits per heavy atom. The summed E-state index contributed by atoms with van der Waals surface area (Å²) in [5, 5.41) is 11.9. The van der Waals surface area contributed by atoms with Crippen molar-refractivity contribution in [2.45, 2.75) is 12.5 Å². The SMILES string of the molecule is COCC(O)CNC(=O)C1CC(=O)N(C)C1. The van der Waals surface area contributed by atoms with Gasteiger partial charge in [-0.2, -0.15) is 0 Å². The predicted molar refractivity (Wildman–Crippen MR) is 56.6 cm³/mol. The van der Waals surface area contributed by atoms with Crippen LogP contribution >= 0.6 is 0 Å². The minimum Gasteiger partial charge on any atom is -0.389 e. The highest BCUT2D eigenvalue weighted by Gasteiger charge is 2.31. The van der Waals surface area contributed by atoms with Crippen LogP contribution in [-0.2, 0) is 14.3 Å². The summed E-state index contributed by atoms with van der Waals surface area (Å²) in [5.41, 5.74) is 0. The van der Waals surface area contributed by atoms with Crippen molar-refractivity contribution >= 4 is 11.8 Å². The van der Waals surface area contributed by atoms with E-state index in [4.69, 9.17) is 4.74 Å². The first-order chi connectivity index (χ1) is 7.54. The lowest BCUT2D eigenvalue weighted by atomic mass is 10.1. The van der Waals surface area contributed by atoms with Gasteiger partial charge < -0.3 is 20.1 Å². The Morgan fingerprint density at radius 3 is 2.94 bits per heavy atom. The summed E-state index contributed by atoms with van der Waals surface area (Å²) >= 11 is 0. The molecule has 2 amide bonds. The van der Waals surface area contributed by atoms with Crippen LogP contribution < -0.4 is 5.32 Å². The van der Waals surface area contributed by atoms with Crippen molar-refractivity contribution in [2.75, 3.05) is 33.9 Å². The number of ether oxygens (including phenoxy) is 1. The number of likely N-dealkylation sites (tertiary alicyclic amines) is 1. The van der Waals surface area contributed by atoms with E-state index < -0.39 is 6.10 Å². The van der Waals surface area contributed by atoms with Crippen LogP contribution in [0.4, 0.5) is 0 Å². The molecule has 2 unspecified atom stereocenters. The standard InChI is InChI=1S/C10H18N2O4/c1-12-5-7(3-9(12)14)10(15)11-4-8(13)6-16-2/h7-8,13H,3-6H2,1-2H3,(H,11,15). The van der Waals surface area contributed by atoms with Gasteiger partial charge in [-0.3, -0.25) is 9.59 Å². The van der Waals surface area contributed by atoms with Crippen LogP contribution in [0.3, 0.4) is 0 Å². The summed E-state index contributed by atoms with van der Waals surface area (Å²) in [6.07, 6.45) is -0.452. The van der Waals surface area contributed by atoms with E-state index in [1.165, 1.54) is 12.0 Å². The molecule has 2 atom stereocenters. The second-order valence-electron chi connectivity index (χ2n) is 4.03. The van der Waals surface area contributed by atoms with Crippen molar-refractivity contribution in [1.29, 1.82) is 0 Å². The van der Waals surface area contributed by atoms with Gasteiger partial charge in [-0.05, 0) is 0 Å². The molecule has 1 aliphatic rings. The fraction of sp³-hybridized carbons (Fsp3) is 0.800. The van der Waals surface area contributed by atoms with Crippen LogP contribution in [0, 0.1) is 5.92 Å². The highest BCUT2D eigenvalue weighted by atomic mass is 16.5. The van der Waals surface area contributed by atoms with Crippen LogP contribution in [0.5, 0.6) is 0 Å². The van der Waals surface area contributed by atoms with E-state index in [1.807, 2.05) is 0 Å². The van der Waals surface area contributed by atoms with Gasteiger partial charge in [0, 0.05) is 33.7 Å². The first-order valence-corrected chi connectivity index (χ1v) is 5.23. The molecular weight excluding hydrogens is 212 g/mol. The summed E-state index contributed by atoms with van der Waals surface area (Å²) in [6, 6.07) is 0. The molecule has 0 spiro atoms. The molecule has 1 fully saturated rings. The number of hydrogen-bond acceptors (Lipinski definition) is 4. The van der Waals surface area contributed by atoms with Gasteiger partial charge in [-0.1, -0.05) is 0 Å². The van der Waals surface area contributed by atoms with Gasteiger partial charge in [0.15, 0.2) is 0 Å². The van der Waals surface area contributed by atoms with Crippen LogP contribution in [0.1, 0.15) is 6.42 Å². The molecule has 0 bridgehead atoms. The Labute approximate surface area is 94.6 Å². The Morgan fingerprint density at radius 1 is 1.75 bits per heavy atom. The molecule has 92 valence electrons. The minimum absolute atomic E-state index is 0.0161. The molecule has 0 radical (unpaired) electrons. The van der Waals surface area contributed by atoms with E-state index in [0.29, 0.717) is 6.54 Å². The van der Waals surface area contributed by atoms with Gasteiger partial charge in [0.1, 0.15) is 0 Å². The van der Waals surface area contributed by atoms with E-state index in [-0.39, 0.29) is 37.3 Å². The third kappa shape index (κ3) is 3.46. The molecular formula is C10H18N2O4. The monoisotopic (exact) mass is 230 g/mol. The van der Waals surface area contributed by atoms with Gasteiger partial charge in [0.25, 0.3) is 0 Å². The molecule has 1 saturated heterocycles. The van der Waals surface area contributed by atoms with Gasteiger partial charge in [-0.15, -0.1) is 0 Å². The number of rotatable bonds is 5. The lowest BCUT2D eigenvalue weighted by molar-refractivity contribution is -0.128. The summed E-state index contributed by atoms with van der Waals surface area (Å²) in [7, 11) is 3.16. The quantitative estimate of drug-likeness (QED) is 0.608. The van der Waals surface area contributed by atoms with Crippen LogP contribution in [0.25, 0.3) is 0 Å². The number of carbonyl (C=O) groups excluding carboxylic acids is 2. The summed E-state index contributed by atoms with van der Waals surface area (Å²) in [6.45, 7) is 0.788. The van der Waals surface area contributed by atoms with Crippen molar-refractivity contribution in [3.05, 3.63) is 0 Å². The number of nitrogens with zero attached hydrogens (tertiary/aromatic N) is 1. The van der Waals surface area contributed by atoms with E-state index >= 15 is 0 Å². The second kappa shape index (κ2) is 5.81. The molecule has 16 heavy (non-hydrogen) atoms. The predicted octanol–water partition coefficient (Wildman–Crippen LogP) is -1.41. The van der Waals surface area contributed by atoms with Crippen molar-refractivity contribution < 1.29 is 19.4 Å². The third-order valence-electron chi connectivity index (χ3n) is 2.58. The Bertz CT molecular complexity index is 270. The highest BCUT2D eigenvalue weighted by Crippen LogP contribution is 2.15. The molecule has 0 aromatic carbocycles. The fourth-order valence-corrected chi connectivity index (χ4v) is 1.65. The molecule has 1 heterocycles. The Hall–Kier alpha value is -1.14. The fourth-order valence-electron chi connectivity index (χ4n) is 1.65. The number of aliphatic hydroxyl groups is 1. The van der Waals surface area contributed by atoms with Crippen molar-refractivity contribution in [1.82, 2.24) is 10.2 Å². The average Bonchev–Trinajstić information content (AvgIpc) is 2.56. The molecule has 6 nitrogen and oxygen atoms in total. The van der Waals surface area contributed by atoms with Crippen LogP contribution in [0.15, 0.2) is 0 Å². The normalized spacial score (nSPS) is 22.3. The summed E-state index contributed by atoms with van der Waals surface area (Å²) < 4.78 is 4.73. The first-order valence-electron chi connectivity index (χ1n) is 5.23. The van der Waals surface area contributed by atoms with E-state index in [1.54, 1.807) is 7.05 Å². The van der Waals surface area contributed by atoms with Crippen molar-refractivity contribution in [2.24, 2.45) is 5.92 Å². The maximum Gasteiger partial charge on any atom is 0.225 e. The second-order valence-corrected chi connectivity index (χ2v) is 4.03. The molecule has 0 aromatic heterocycles. The number of amides is 2.